The third-order valence-electron chi connectivity index (χ3n) is 2.31. The van der Waals surface area contributed by atoms with Gasteiger partial charge in [0.25, 0.3) is 0 Å². The summed E-state index contributed by atoms with van der Waals surface area (Å²) in [7, 11) is 0. The van der Waals surface area contributed by atoms with Gasteiger partial charge < -0.3 is 11.1 Å². The van der Waals surface area contributed by atoms with Crippen molar-refractivity contribution >= 4 is 17.3 Å². The Morgan fingerprint density at radius 1 is 0.800 bits per heavy atom. The van der Waals surface area contributed by atoms with E-state index in [-0.39, 0.29) is 6.07 Å². The standard InChI is InChI=1S/C11H5F6N3/c12-3-1-4(13)8(17)9(7(3)16)19-11-6(15)2-5(14)10(18)20-11/h1-2H,(H3,18,19,20). The highest BCUT2D eigenvalue weighted by Gasteiger charge is 2.21. The molecule has 2 aromatic rings. The van der Waals surface area contributed by atoms with E-state index >= 15 is 0 Å². The van der Waals surface area contributed by atoms with Crippen LogP contribution in [0.25, 0.3) is 0 Å². The van der Waals surface area contributed by atoms with Crippen LogP contribution in [0.5, 0.6) is 0 Å². The molecule has 3 N–H and O–H groups in total. The molecule has 0 radical (unpaired) electrons. The minimum Gasteiger partial charge on any atom is -0.381 e. The van der Waals surface area contributed by atoms with Crippen LogP contribution in [-0.2, 0) is 0 Å². The summed E-state index contributed by atoms with van der Waals surface area (Å²) in [4.78, 5) is 3.15. The normalized spacial score (nSPS) is 10.7. The van der Waals surface area contributed by atoms with Crippen molar-refractivity contribution in [3.05, 3.63) is 47.0 Å². The maximum absolute atomic E-state index is 13.3. The smallest absolute Gasteiger partial charge is 0.185 e. The van der Waals surface area contributed by atoms with E-state index < -0.39 is 52.2 Å². The van der Waals surface area contributed by atoms with E-state index in [1.165, 1.54) is 0 Å². The minimum absolute atomic E-state index is 0.0152. The van der Waals surface area contributed by atoms with Crippen LogP contribution in [0.3, 0.4) is 0 Å². The van der Waals surface area contributed by atoms with Crippen molar-refractivity contribution in [2.24, 2.45) is 0 Å². The lowest BCUT2D eigenvalue weighted by Gasteiger charge is -2.10. The van der Waals surface area contributed by atoms with Crippen LogP contribution < -0.4 is 11.1 Å². The highest BCUT2D eigenvalue weighted by molar-refractivity contribution is 5.60. The maximum atomic E-state index is 13.3. The van der Waals surface area contributed by atoms with Crippen molar-refractivity contribution in [3.63, 3.8) is 0 Å². The maximum Gasteiger partial charge on any atom is 0.185 e. The van der Waals surface area contributed by atoms with E-state index in [0.717, 1.165) is 0 Å². The zero-order valence-electron chi connectivity index (χ0n) is 9.45. The molecule has 0 saturated heterocycles. The summed E-state index contributed by atoms with van der Waals surface area (Å²) in [5.74, 6) is -11.1. The van der Waals surface area contributed by atoms with Crippen LogP contribution in [0.4, 0.5) is 43.7 Å². The van der Waals surface area contributed by atoms with Gasteiger partial charge in [0.15, 0.2) is 46.5 Å². The Hall–Kier alpha value is -2.45. The number of nitrogen functional groups attached to an aromatic ring is 1. The van der Waals surface area contributed by atoms with E-state index in [2.05, 4.69) is 4.98 Å². The lowest BCUT2D eigenvalue weighted by atomic mass is 10.2. The second-order valence-corrected chi connectivity index (χ2v) is 3.65. The van der Waals surface area contributed by atoms with Gasteiger partial charge in [-0.25, -0.2) is 31.3 Å². The zero-order valence-corrected chi connectivity index (χ0v) is 9.45. The van der Waals surface area contributed by atoms with Crippen LogP contribution in [0.1, 0.15) is 0 Å². The topological polar surface area (TPSA) is 50.9 Å². The highest BCUT2D eigenvalue weighted by atomic mass is 19.2. The first kappa shape index (κ1) is 14.0. The minimum atomic E-state index is -1.78. The number of nitrogens with zero attached hydrogens (tertiary/aromatic N) is 1. The molecule has 2 rings (SSSR count). The molecule has 0 atom stereocenters. The van der Waals surface area contributed by atoms with Crippen molar-refractivity contribution in [2.75, 3.05) is 11.1 Å². The zero-order chi connectivity index (χ0) is 15.0. The number of hydrogen-bond donors (Lipinski definition) is 2. The van der Waals surface area contributed by atoms with Gasteiger partial charge in [-0.3, -0.25) is 0 Å². The van der Waals surface area contributed by atoms with Crippen LogP contribution in [0, 0.1) is 34.9 Å². The third kappa shape index (κ3) is 2.33. The Balaban J connectivity index is 2.53. The molecule has 9 heteroatoms. The van der Waals surface area contributed by atoms with Crippen LogP contribution in [-0.4, -0.2) is 4.98 Å². The molecule has 20 heavy (non-hydrogen) atoms. The number of pyridine rings is 1. The quantitative estimate of drug-likeness (QED) is 0.660. The molecule has 0 aliphatic carbocycles. The molecule has 1 heterocycles. The molecule has 0 saturated carbocycles. The van der Waals surface area contributed by atoms with Gasteiger partial charge in [-0.05, 0) is 0 Å². The summed E-state index contributed by atoms with van der Waals surface area (Å²) in [6.07, 6.45) is 0. The number of aromatic nitrogens is 1. The Labute approximate surface area is 108 Å². The predicted octanol–water partition coefficient (Wildman–Crippen LogP) is 3.24. The van der Waals surface area contributed by atoms with Gasteiger partial charge in [-0.2, -0.15) is 0 Å². The fourth-order valence-electron chi connectivity index (χ4n) is 1.37. The van der Waals surface area contributed by atoms with Gasteiger partial charge in [0.2, 0.25) is 0 Å². The monoisotopic (exact) mass is 293 g/mol. The average molecular weight is 293 g/mol. The Bertz CT molecular complexity index is 662. The molecular formula is C11H5F6N3. The van der Waals surface area contributed by atoms with E-state index in [1.807, 2.05) is 0 Å². The van der Waals surface area contributed by atoms with Crippen molar-refractivity contribution in [1.82, 2.24) is 4.98 Å². The molecule has 1 aromatic carbocycles. The summed E-state index contributed by atoms with van der Waals surface area (Å²) in [6, 6.07) is 0.286. The molecule has 0 spiro atoms. The number of halogens is 6. The number of rotatable bonds is 2. The van der Waals surface area contributed by atoms with Crippen LogP contribution in [0.2, 0.25) is 0 Å². The Morgan fingerprint density at radius 2 is 1.30 bits per heavy atom. The van der Waals surface area contributed by atoms with Gasteiger partial charge in [0.1, 0.15) is 5.69 Å². The van der Waals surface area contributed by atoms with Gasteiger partial charge in [-0.1, -0.05) is 0 Å². The third-order valence-corrected chi connectivity index (χ3v) is 2.31. The first-order chi connectivity index (χ1) is 9.31. The first-order valence-electron chi connectivity index (χ1n) is 5.02. The molecule has 0 bridgehead atoms. The van der Waals surface area contributed by atoms with Crippen LogP contribution in [0.15, 0.2) is 12.1 Å². The van der Waals surface area contributed by atoms with Crippen molar-refractivity contribution < 1.29 is 26.3 Å². The fourth-order valence-corrected chi connectivity index (χ4v) is 1.37. The summed E-state index contributed by atoms with van der Waals surface area (Å²) in [6.45, 7) is 0. The largest absolute Gasteiger partial charge is 0.381 e. The first-order valence-corrected chi connectivity index (χ1v) is 5.02. The number of hydrogen-bond acceptors (Lipinski definition) is 3. The predicted molar refractivity (Wildman–Crippen MR) is 58.1 cm³/mol. The van der Waals surface area contributed by atoms with Crippen LogP contribution >= 0.6 is 0 Å². The number of nitrogens with two attached hydrogens (primary N) is 1. The van der Waals surface area contributed by atoms with Gasteiger partial charge in [-0.15, -0.1) is 0 Å². The van der Waals surface area contributed by atoms with Crippen molar-refractivity contribution in [3.8, 4) is 0 Å². The summed E-state index contributed by atoms with van der Waals surface area (Å²) >= 11 is 0. The second kappa shape index (κ2) is 4.91. The molecule has 106 valence electrons. The molecule has 3 nitrogen and oxygen atoms in total. The molecule has 0 unspecified atom stereocenters. The average Bonchev–Trinajstić information content (AvgIpc) is 2.38. The molecule has 0 aliphatic heterocycles. The summed E-state index contributed by atoms with van der Waals surface area (Å²) in [5, 5.41) is 1.70. The van der Waals surface area contributed by atoms with Gasteiger partial charge in [0.05, 0.1) is 0 Å². The summed E-state index contributed by atoms with van der Waals surface area (Å²) in [5.41, 5.74) is 3.75. The molecule has 0 aliphatic rings. The number of benzene rings is 1. The molecule has 1 aromatic heterocycles. The van der Waals surface area contributed by atoms with E-state index in [4.69, 9.17) is 5.73 Å². The van der Waals surface area contributed by atoms with E-state index in [0.29, 0.717) is 6.07 Å². The fraction of sp³-hybridized carbons (Fsp3) is 0. The Kier molecular flexibility index (Phi) is 3.43. The molecule has 0 fully saturated rings. The second-order valence-electron chi connectivity index (χ2n) is 3.65. The van der Waals surface area contributed by atoms with E-state index in [9.17, 15) is 26.3 Å². The van der Waals surface area contributed by atoms with E-state index in [1.54, 1.807) is 5.32 Å². The highest BCUT2D eigenvalue weighted by Crippen LogP contribution is 2.28. The Morgan fingerprint density at radius 3 is 1.85 bits per heavy atom. The molecular weight excluding hydrogens is 288 g/mol. The van der Waals surface area contributed by atoms with Gasteiger partial charge in [0, 0.05) is 12.1 Å². The van der Waals surface area contributed by atoms with Crippen molar-refractivity contribution in [1.29, 1.82) is 0 Å². The molecule has 0 amide bonds. The van der Waals surface area contributed by atoms with Gasteiger partial charge >= 0.3 is 0 Å². The SMILES string of the molecule is Nc1nc(Nc2c(F)c(F)cc(F)c2F)c(F)cc1F. The lowest BCUT2D eigenvalue weighted by Crippen LogP contribution is -2.07. The summed E-state index contributed by atoms with van der Waals surface area (Å²) < 4.78 is 78.8. The van der Waals surface area contributed by atoms with Crippen molar-refractivity contribution in [2.45, 2.75) is 0 Å². The number of anilines is 3. The lowest BCUT2D eigenvalue weighted by molar-refractivity contribution is 0.459. The number of nitrogens with one attached hydrogen (secondary N) is 1.